The average molecular weight is 884 g/mol. The van der Waals surface area contributed by atoms with Crippen LogP contribution < -0.4 is 19.7 Å². The number of phenols is 1. The topological polar surface area (TPSA) is 201 Å². The molecule has 0 aliphatic rings. The molecule has 0 aliphatic heterocycles. The van der Waals surface area contributed by atoms with E-state index in [1.165, 1.54) is 91.6 Å². The number of amides is 2. The van der Waals surface area contributed by atoms with Gasteiger partial charge in [-0.25, -0.2) is 9.48 Å². The highest BCUT2D eigenvalue weighted by molar-refractivity contribution is 7.98. The Morgan fingerprint density at radius 1 is 0.841 bits per heavy atom. The highest BCUT2D eigenvalue weighted by Crippen LogP contribution is 2.37. The number of para-hydroxylation sites is 2. The highest BCUT2D eigenvalue weighted by atomic mass is 32.2. The van der Waals surface area contributed by atoms with Crippen molar-refractivity contribution in [3.05, 3.63) is 94.0 Å². The molecule has 1 aromatic heterocycles. The summed E-state index contributed by atoms with van der Waals surface area (Å²) in [6.07, 6.45) is 13.4. The number of anilines is 2. The van der Waals surface area contributed by atoms with Crippen molar-refractivity contribution in [2.75, 3.05) is 30.5 Å². The number of fused-ring (bicyclic) bond motifs is 1. The SMILES string of the molecule is CCCCCCCCCCCCCCN(C(=O)Oc1ccc(CSc2nnnn2CC(=O)OCCC)cc1[N+](=O)[O-])c1cccc2c(O)c(C(=O)Nc3ccccc3OC)ccc12. The molecule has 0 saturated carbocycles. The first kappa shape index (κ1) is 47.8. The van der Waals surface area contributed by atoms with Crippen LogP contribution in [0.3, 0.4) is 0 Å². The minimum absolute atomic E-state index is 0.0144. The van der Waals surface area contributed by atoms with Crippen LogP contribution in [0.2, 0.25) is 0 Å². The van der Waals surface area contributed by atoms with Crippen LogP contribution >= 0.6 is 11.8 Å². The number of carbonyl (C=O) groups is 3. The molecule has 17 heteroatoms. The van der Waals surface area contributed by atoms with E-state index < -0.39 is 28.6 Å². The Hall–Kier alpha value is -6.23. The Kier molecular flexibility index (Phi) is 19.0. The van der Waals surface area contributed by atoms with Gasteiger partial charge in [-0.1, -0.05) is 133 Å². The van der Waals surface area contributed by atoms with Crippen molar-refractivity contribution >= 4 is 57.6 Å². The lowest BCUT2D eigenvalue weighted by Crippen LogP contribution is -2.34. The highest BCUT2D eigenvalue weighted by Gasteiger charge is 2.26. The molecule has 5 rings (SSSR count). The monoisotopic (exact) mass is 883 g/mol. The van der Waals surface area contributed by atoms with Crippen LogP contribution in [0.1, 0.15) is 113 Å². The molecule has 2 N–H and O–H groups in total. The van der Waals surface area contributed by atoms with Gasteiger partial charge in [0.15, 0.2) is 0 Å². The molecule has 336 valence electrons. The number of unbranched alkanes of at least 4 members (excludes halogenated alkanes) is 11. The number of rotatable bonds is 26. The van der Waals surface area contributed by atoms with Crippen molar-refractivity contribution in [3.8, 4) is 17.2 Å². The number of hydrogen-bond acceptors (Lipinski definition) is 13. The second-order valence-electron chi connectivity index (χ2n) is 15.1. The number of carbonyl (C=O) groups excluding carboxylic acids is 3. The van der Waals surface area contributed by atoms with Gasteiger partial charge in [-0.2, -0.15) is 0 Å². The maximum absolute atomic E-state index is 14.2. The molecule has 5 aromatic rings. The van der Waals surface area contributed by atoms with E-state index in [1.807, 2.05) is 6.92 Å². The fraction of sp³-hybridized carbons (Fsp3) is 0.435. The molecule has 0 atom stereocenters. The summed E-state index contributed by atoms with van der Waals surface area (Å²) in [5, 5.41) is 39.2. The maximum atomic E-state index is 14.2. The molecule has 0 aliphatic carbocycles. The number of aromatic hydroxyl groups is 1. The smallest absolute Gasteiger partial charge is 0.420 e. The van der Waals surface area contributed by atoms with Gasteiger partial charge in [0.1, 0.15) is 18.0 Å². The number of nitrogens with zero attached hydrogens (tertiary/aromatic N) is 6. The third-order valence-corrected chi connectivity index (χ3v) is 11.4. The molecular formula is C46H57N7O9S. The Balaban J connectivity index is 1.33. The first-order valence-electron chi connectivity index (χ1n) is 21.6. The summed E-state index contributed by atoms with van der Waals surface area (Å²) in [5.41, 5.74) is 0.951. The lowest BCUT2D eigenvalue weighted by Gasteiger charge is -2.24. The number of esters is 1. The summed E-state index contributed by atoms with van der Waals surface area (Å²) >= 11 is 1.17. The minimum Gasteiger partial charge on any atom is -0.506 e. The molecule has 63 heavy (non-hydrogen) atoms. The Morgan fingerprint density at radius 2 is 1.56 bits per heavy atom. The number of benzene rings is 4. The molecular weight excluding hydrogens is 827 g/mol. The molecule has 0 radical (unpaired) electrons. The third-order valence-electron chi connectivity index (χ3n) is 10.4. The van der Waals surface area contributed by atoms with Gasteiger partial charge in [0.25, 0.3) is 5.91 Å². The van der Waals surface area contributed by atoms with Crippen LogP contribution in [0.15, 0.2) is 78.0 Å². The van der Waals surface area contributed by atoms with Crippen LogP contribution in [0, 0.1) is 10.1 Å². The van der Waals surface area contributed by atoms with Crippen molar-refractivity contribution in [1.29, 1.82) is 0 Å². The largest absolute Gasteiger partial charge is 0.506 e. The van der Waals surface area contributed by atoms with E-state index in [-0.39, 0.29) is 42.5 Å². The number of ether oxygens (including phenoxy) is 3. The summed E-state index contributed by atoms with van der Waals surface area (Å²) < 4.78 is 17.6. The fourth-order valence-electron chi connectivity index (χ4n) is 7.06. The van der Waals surface area contributed by atoms with Crippen LogP contribution in [0.25, 0.3) is 10.8 Å². The van der Waals surface area contributed by atoms with Crippen molar-refractivity contribution in [3.63, 3.8) is 0 Å². The number of nitro benzene ring substituents is 1. The van der Waals surface area contributed by atoms with Crippen molar-refractivity contribution < 1.29 is 38.6 Å². The second kappa shape index (κ2) is 25.0. The van der Waals surface area contributed by atoms with Crippen molar-refractivity contribution in [2.24, 2.45) is 0 Å². The molecule has 0 spiro atoms. The number of aromatic nitrogens is 4. The minimum atomic E-state index is -0.845. The predicted octanol–water partition coefficient (Wildman–Crippen LogP) is 10.7. The van der Waals surface area contributed by atoms with Gasteiger partial charge in [0, 0.05) is 29.1 Å². The van der Waals surface area contributed by atoms with Crippen molar-refractivity contribution in [1.82, 2.24) is 20.2 Å². The summed E-state index contributed by atoms with van der Waals surface area (Å²) in [5.74, 6) is -0.913. The number of nitro groups is 1. The van der Waals surface area contributed by atoms with E-state index in [1.54, 1.807) is 54.6 Å². The fourth-order valence-corrected chi connectivity index (χ4v) is 7.88. The second-order valence-corrected chi connectivity index (χ2v) is 16.0. The summed E-state index contributed by atoms with van der Waals surface area (Å²) in [6, 6.07) is 19.4. The molecule has 4 aromatic carbocycles. The van der Waals surface area contributed by atoms with Gasteiger partial charge in [0.2, 0.25) is 10.9 Å². The molecule has 0 fully saturated rings. The normalized spacial score (nSPS) is 11.0. The van der Waals surface area contributed by atoms with E-state index in [9.17, 15) is 29.6 Å². The van der Waals surface area contributed by atoms with Crippen LogP contribution in [0.5, 0.6) is 17.2 Å². The number of tetrazole rings is 1. The van der Waals surface area contributed by atoms with E-state index >= 15 is 0 Å². The van der Waals surface area contributed by atoms with E-state index in [4.69, 9.17) is 14.2 Å². The van der Waals surface area contributed by atoms with Crippen LogP contribution in [-0.4, -0.2) is 68.5 Å². The average Bonchev–Trinajstić information content (AvgIpc) is 3.73. The summed E-state index contributed by atoms with van der Waals surface area (Å²) in [6.45, 7) is 4.43. The Labute approximate surface area is 371 Å². The molecule has 0 saturated heterocycles. The molecule has 0 bridgehead atoms. The van der Waals surface area contributed by atoms with E-state index in [0.29, 0.717) is 51.5 Å². The van der Waals surface area contributed by atoms with Crippen LogP contribution in [-0.2, 0) is 21.8 Å². The van der Waals surface area contributed by atoms with Gasteiger partial charge in [-0.15, -0.1) is 5.10 Å². The molecule has 1 heterocycles. The van der Waals surface area contributed by atoms with Crippen molar-refractivity contribution in [2.45, 2.75) is 115 Å². The molecule has 0 unspecified atom stereocenters. The zero-order valence-corrected chi connectivity index (χ0v) is 37.1. The Bertz CT molecular complexity index is 2300. The van der Waals surface area contributed by atoms with E-state index in [0.717, 1.165) is 25.7 Å². The standard InChI is InChI=1S/C46H57N7O9S/c1-4-6-7-8-9-10-11-12-13-14-15-18-28-51(38-22-19-20-35-34(38)25-26-36(43(35)55)44(56)47-37-21-16-17-23-40(37)60-3)46(57)62-41-27-24-33(30-39(41)53(58)59)32-63-45-48-49-50-52(45)31-42(54)61-29-5-2/h16-17,19-27,30,55H,4-15,18,28-29,31-32H2,1-3H3,(H,47,56). The zero-order chi connectivity index (χ0) is 45.0. The van der Waals surface area contributed by atoms with Gasteiger partial charge in [-0.3, -0.25) is 24.6 Å². The van der Waals surface area contributed by atoms with E-state index in [2.05, 4.69) is 27.8 Å². The zero-order valence-electron chi connectivity index (χ0n) is 36.3. The number of phenolic OH excluding ortho intramolecular Hbond substituents is 1. The summed E-state index contributed by atoms with van der Waals surface area (Å²) in [7, 11) is 1.49. The summed E-state index contributed by atoms with van der Waals surface area (Å²) in [4.78, 5) is 53.0. The first-order chi connectivity index (χ1) is 30.6. The number of nitrogens with one attached hydrogen (secondary N) is 1. The third kappa shape index (κ3) is 13.9. The Morgan fingerprint density at radius 3 is 2.25 bits per heavy atom. The quantitative estimate of drug-likeness (QED) is 0.0175. The van der Waals surface area contributed by atoms with Gasteiger partial charge in [-0.05, 0) is 59.2 Å². The molecule has 16 nitrogen and oxygen atoms in total. The predicted molar refractivity (Wildman–Crippen MR) is 243 cm³/mol. The van der Waals surface area contributed by atoms with Gasteiger partial charge >= 0.3 is 17.7 Å². The number of methoxy groups -OCH3 is 1. The number of thioether (sulfide) groups is 1. The lowest BCUT2D eigenvalue weighted by atomic mass is 10.0. The lowest BCUT2D eigenvalue weighted by molar-refractivity contribution is -0.385. The maximum Gasteiger partial charge on any atom is 0.420 e. The van der Waals surface area contributed by atoms with Gasteiger partial charge in [0.05, 0.1) is 35.6 Å². The number of hydrogen-bond donors (Lipinski definition) is 2. The first-order valence-corrected chi connectivity index (χ1v) is 22.6. The van der Waals surface area contributed by atoms with Gasteiger partial charge < -0.3 is 24.6 Å². The van der Waals surface area contributed by atoms with Crippen LogP contribution in [0.4, 0.5) is 21.9 Å². The molecule has 2 amide bonds.